The third-order valence-electron chi connectivity index (χ3n) is 3.35. The van der Waals surface area contributed by atoms with Crippen LogP contribution in [0.25, 0.3) is 0 Å². The summed E-state index contributed by atoms with van der Waals surface area (Å²) >= 11 is 1.82. The fourth-order valence-corrected chi connectivity index (χ4v) is 3.39. The van der Waals surface area contributed by atoms with Crippen molar-refractivity contribution in [3.05, 3.63) is 0 Å². The Morgan fingerprint density at radius 2 is 2.28 bits per heavy atom. The van der Waals surface area contributed by atoms with E-state index in [1.54, 1.807) is 0 Å². The molecule has 0 aromatic heterocycles. The molecule has 6 nitrogen and oxygen atoms in total. The molecule has 2 rings (SSSR count). The molecule has 0 aliphatic carbocycles. The van der Waals surface area contributed by atoms with Gasteiger partial charge < -0.3 is 21.1 Å². The fraction of sp³-hybridized carbons (Fsp3) is 0.818. The van der Waals surface area contributed by atoms with E-state index in [0.29, 0.717) is 6.42 Å². The van der Waals surface area contributed by atoms with Crippen LogP contribution in [0.1, 0.15) is 12.8 Å². The van der Waals surface area contributed by atoms with Gasteiger partial charge in [-0.1, -0.05) is 0 Å². The number of hydrogen-bond acceptors (Lipinski definition) is 5. The predicted octanol–water partition coefficient (Wildman–Crippen LogP) is -1.47. The molecule has 18 heavy (non-hydrogen) atoms. The molecule has 102 valence electrons. The number of rotatable bonds is 3. The number of nitrogens with zero attached hydrogens (tertiary/aromatic N) is 1. The molecule has 4 N–H and O–H groups in total. The number of aliphatic hydroxyl groups is 1. The molecule has 0 aromatic carbocycles. The molecule has 2 saturated heterocycles. The van der Waals surface area contributed by atoms with Gasteiger partial charge in [0.25, 0.3) is 0 Å². The molecule has 0 radical (unpaired) electrons. The summed E-state index contributed by atoms with van der Waals surface area (Å²) in [5.41, 5.74) is 5.26. The van der Waals surface area contributed by atoms with E-state index >= 15 is 0 Å². The van der Waals surface area contributed by atoms with Crippen molar-refractivity contribution >= 4 is 23.6 Å². The number of aliphatic hydroxyl groups excluding tert-OH is 1. The molecular formula is C11H19N3O3S. The van der Waals surface area contributed by atoms with Gasteiger partial charge in [0.2, 0.25) is 11.8 Å². The van der Waals surface area contributed by atoms with Crippen molar-refractivity contribution in [3.8, 4) is 0 Å². The second-order valence-corrected chi connectivity index (χ2v) is 5.93. The van der Waals surface area contributed by atoms with Crippen LogP contribution >= 0.6 is 11.8 Å². The molecule has 0 saturated carbocycles. The van der Waals surface area contributed by atoms with E-state index in [0.717, 1.165) is 18.1 Å². The number of carbonyl (C=O) groups excluding carboxylic acids is 2. The highest BCUT2D eigenvalue weighted by Gasteiger charge is 2.38. The highest BCUT2D eigenvalue weighted by atomic mass is 32.2. The number of nitrogens with two attached hydrogens (primary N) is 1. The summed E-state index contributed by atoms with van der Waals surface area (Å²) in [5.74, 6) is 1.33. The van der Waals surface area contributed by atoms with Crippen molar-refractivity contribution in [2.75, 3.05) is 24.6 Å². The van der Waals surface area contributed by atoms with Crippen LogP contribution in [0.15, 0.2) is 0 Å². The smallest absolute Gasteiger partial charge is 0.240 e. The molecule has 2 amide bonds. The highest BCUT2D eigenvalue weighted by Crippen LogP contribution is 2.20. The van der Waals surface area contributed by atoms with Crippen LogP contribution in [-0.2, 0) is 9.59 Å². The van der Waals surface area contributed by atoms with Crippen LogP contribution in [0.4, 0.5) is 0 Å². The molecule has 2 aliphatic rings. The maximum Gasteiger partial charge on any atom is 0.240 e. The van der Waals surface area contributed by atoms with Crippen molar-refractivity contribution in [2.24, 2.45) is 5.73 Å². The zero-order valence-electron chi connectivity index (χ0n) is 10.2. The quantitative estimate of drug-likeness (QED) is 0.583. The van der Waals surface area contributed by atoms with Crippen LogP contribution in [0.2, 0.25) is 0 Å². The Bertz CT molecular complexity index is 333. The van der Waals surface area contributed by atoms with Crippen molar-refractivity contribution in [1.29, 1.82) is 0 Å². The third kappa shape index (κ3) is 3.15. The SMILES string of the molecule is NC(=O)C1CC(O)CN1C(=O)CC1CSCCN1. The number of thioether (sulfide) groups is 1. The Labute approximate surface area is 110 Å². The van der Waals surface area contributed by atoms with Crippen molar-refractivity contribution in [2.45, 2.75) is 31.0 Å². The molecule has 2 fully saturated rings. The molecule has 3 unspecified atom stereocenters. The largest absolute Gasteiger partial charge is 0.391 e. The minimum Gasteiger partial charge on any atom is -0.391 e. The fourth-order valence-electron chi connectivity index (χ4n) is 2.44. The third-order valence-corrected chi connectivity index (χ3v) is 4.48. The summed E-state index contributed by atoms with van der Waals surface area (Å²) in [7, 11) is 0. The lowest BCUT2D eigenvalue weighted by Crippen LogP contribution is -2.47. The van der Waals surface area contributed by atoms with Gasteiger partial charge in [0, 0.05) is 43.5 Å². The monoisotopic (exact) mass is 273 g/mol. The number of carbonyl (C=O) groups is 2. The lowest BCUT2D eigenvalue weighted by atomic mass is 10.1. The molecular weight excluding hydrogens is 254 g/mol. The molecule has 2 aliphatic heterocycles. The number of primary amides is 1. The number of likely N-dealkylation sites (tertiary alicyclic amines) is 1. The van der Waals surface area contributed by atoms with E-state index in [1.807, 2.05) is 11.8 Å². The van der Waals surface area contributed by atoms with E-state index < -0.39 is 18.1 Å². The summed E-state index contributed by atoms with van der Waals surface area (Å²) in [5, 5.41) is 12.8. The Kier molecular flexibility index (Phi) is 4.47. The van der Waals surface area contributed by atoms with Gasteiger partial charge >= 0.3 is 0 Å². The average molecular weight is 273 g/mol. The van der Waals surface area contributed by atoms with Crippen LogP contribution in [0, 0.1) is 0 Å². The standard InChI is InChI=1S/C11H19N3O3S/c12-11(17)9-4-8(15)5-14(9)10(16)3-7-6-18-2-1-13-7/h7-9,13,15H,1-6H2,(H2,12,17). The van der Waals surface area contributed by atoms with E-state index in [9.17, 15) is 14.7 Å². The summed E-state index contributed by atoms with van der Waals surface area (Å²) in [4.78, 5) is 24.8. The first-order valence-corrected chi connectivity index (χ1v) is 7.31. The Balaban J connectivity index is 1.92. The van der Waals surface area contributed by atoms with Gasteiger partial charge in [-0.2, -0.15) is 11.8 Å². The molecule has 7 heteroatoms. The summed E-state index contributed by atoms with van der Waals surface area (Å²) in [6.45, 7) is 1.12. The normalized spacial score (nSPS) is 32.5. The van der Waals surface area contributed by atoms with Crippen LogP contribution in [0.5, 0.6) is 0 Å². The molecule has 2 heterocycles. The van der Waals surface area contributed by atoms with Gasteiger partial charge in [-0.15, -0.1) is 0 Å². The van der Waals surface area contributed by atoms with E-state index in [-0.39, 0.29) is 24.9 Å². The van der Waals surface area contributed by atoms with Crippen LogP contribution in [-0.4, -0.2) is 64.6 Å². The van der Waals surface area contributed by atoms with E-state index in [1.165, 1.54) is 4.90 Å². The summed E-state index contributed by atoms with van der Waals surface area (Å²) in [6.07, 6.45) is -0.0163. The van der Waals surface area contributed by atoms with E-state index in [4.69, 9.17) is 5.73 Å². The molecule has 0 aromatic rings. The molecule has 3 atom stereocenters. The molecule has 0 spiro atoms. The summed E-state index contributed by atoms with van der Waals surface area (Å²) in [6, 6.07) is -0.494. The number of nitrogens with one attached hydrogen (secondary N) is 1. The van der Waals surface area contributed by atoms with Gasteiger partial charge in [-0.3, -0.25) is 9.59 Å². The van der Waals surface area contributed by atoms with Crippen molar-refractivity contribution in [3.63, 3.8) is 0 Å². The maximum atomic E-state index is 12.1. The highest BCUT2D eigenvalue weighted by molar-refractivity contribution is 7.99. The van der Waals surface area contributed by atoms with Gasteiger partial charge in [0.05, 0.1) is 6.10 Å². The van der Waals surface area contributed by atoms with Gasteiger partial charge in [0.1, 0.15) is 6.04 Å². The van der Waals surface area contributed by atoms with Crippen molar-refractivity contribution < 1.29 is 14.7 Å². The Morgan fingerprint density at radius 3 is 2.89 bits per heavy atom. The average Bonchev–Trinajstić information content (AvgIpc) is 2.73. The molecule has 0 bridgehead atoms. The predicted molar refractivity (Wildman–Crippen MR) is 69.1 cm³/mol. The zero-order valence-corrected chi connectivity index (χ0v) is 11.0. The lowest BCUT2D eigenvalue weighted by Gasteiger charge is -2.27. The second kappa shape index (κ2) is 5.90. The van der Waals surface area contributed by atoms with E-state index in [2.05, 4.69) is 5.32 Å². The first-order chi connectivity index (χ1) is 8.58. The second-order valence-electron chi connectivity index (χ2n) is 4.78. The zero-order chi connectivity index (χ0) is 13.1. The van der Waals surface area contributed by atoms with Crippen molar-refractivity contribution in [1.82, 2.24) is 10.2 Å². The maximum absolute atomic E-state index is 12.1. The first-order valence-electron chi connectivity index (χ1n) is 6.16. The first kappa shape index (κ1) is 13.6. The Morgan fingerprint density at radius 1 is 1.50 bits per heavy atom. The number of β-amino-alcohol motifs (C(OH)–C–C–N with tert-alkyl or cyclic N) is 1. The topological polar surface area (TPSA) is 95.7 Å². The van der Waals surface area contributed by atoms with Crippen LogP contribution in [0.3, 0.4) is 0 Å². The lowest BCUT2D eigenvalue weighted by molar-refractivity contribution is -0.137. The number of hydrogen-bond donors (Lipinski definition) is 3. The minimum atomic E-state index is -0.649. The number of amides is 2. The Hall–Kier alpha value is -0.790. The van der Waals surface area contributed by atoms with Gasteiger partial charge in [-0.25, -0.2) is 0 Å². The van der Waals surface area contributed by atoms with Gasteiger partial charge in [-0.05, 0) is 0 Å². The van der Waals surface area contributed by atoms with Crippen LogP contribution < -0.4 is 11.1 Å². The van der Waals surface area contributed by atoms with Gasteiger partial charge in [0.15, 0.2) is 0 Å². The summed E-state index contributed by atoms with van der Waals surface area (Å²) < 4.78 is 0. The minimum absolute atomic E-state index is 0.102.